The normalized spacial score (nSPS) is 16.5. The lowest BCUT2D eigenvalue weighted by molar-refractivity contribution is 0.599. The van der Waals surface area contributed by atoms with Crippen molar-refractivity contribution in [2.24, 2.45) is 0 Å². The van der Waals surface area contributed by atoms with Gasteiger partial charge in [-0.15, -0.1) is 0 Å². The van der Waals surface area contributed by atoms with E-state index in [2.05, 4.69) is 35.4 Å². The Kier molecular flexibility index (Phi) is 3.78. The van der Waals surface area contributed by atoms with Crippen LogP contribution in [0, 0.1) is 0 Å². The largest absolute Gasteiger partial charge is 0.341 e. The Morgan fingerprint density at radius 2 is 2.05 bits per heavy atom. The second-order valence-corrected chi connectivity index (χ2v) is 6.99. The van der Waals surface area contributed by atoms with Crippen LogP contribution >= 0.6 is 11.8 Å². The lowest BCUT2D eigenvalue weighted by Gasteiger charge is -2.31. The van der Waals surface area contributed by atoms with E-state index in [9.17, 15) is 0 Å². The first-order chi connectivity index (χ1) is 10.8. The number of benzene rings is 1. The zero-order chi connectivity index (χ0) is 14.9. The molecule has 0 radical (unpaired) electrons. The van der Waals surface area contributed by atoms with Gasteiger partial charge in [0.05, 0.1) is 5.69 Å². The number of anilines is 1. The van der Waals surface area contributed by atoms with Crippen LogP contribution in [-0.4, -0.2) is 29.3 Å². The van der Waals surface area contributed by atoms with Gasteiger partial charge in [-0.1, -0.05) is 18.2 Å². The molecule has 0 atom stereocenters. The van der Waals surface area contributed by atoms with Crippen molar-refractivity contribution >= 4 is 17.7 Å². The van der Waals surface area contributed by atoms with Gasteiger partial charge < -0.3 is 4.90 Å². The fourth-order valence-electron chi connectivity index (χ4n) is 3.29. The number of rotatable bonds is 4. The quantitative estimate of drug-likeness (QED) is 0.861. The van der Waals surface area contributed by atoms with Crippen molar-refractivity contribution in [3.63, 3.8) is 0 Å². The highest BCUT2D eigenvalue weighted by Crippen LogP contribution is 2.33. The Hall–Kier alpha value is -1.55. The summed E-state index contributed by atoms with van der Waals surface area (Å²) in [6.45, 7) is 2.20. The van der Waals surface area contributed by atoms with Gasteiger partial charge in [0, 0.05) is 35.7 Å². The fourth-order valence-corrected chi connectivity index (χ4v) is 3.80. The molecule has 1 aliphatic carbocycles. The molecule has 2 aromatic rings. The molecule has 1 saturated heterocycles. The van der Waals surface area contributed by atoms with Crippen LogP contribution in [0.15, 0.2) is 24.3 Å². The first kappa shape index (κ1) is 14.1. The third-order valence-corrected chi connectivity index (χ3v) is 5.19. The summed E-state index contributed by atoms with van der Waals surface area (Å²) in [7, 11) is 0. The molecule has 0 N–H and O–H groups in total. The predicted molar refractivity (Wildman–Crippen MR) is 93.5 cm³/mol. The molecule has 1 fully saturated rings. The molecular weight excluding hydrogens is 290 g/mol. The van der Waals surface area contributed by atoms with Gasteiger partial charge in [-0.3, -0.25) is 0 Å². The molecule has 4 rings (SSSR count). The molecule has 4 heteroatoms. The standard InChI is InChI=1S/C18H21N3S/c1-22-12-13-5-2-6-14(11-13)17-15-7-3-8-16(15)19-18(20-17)21-9-4-10-21/h2,5-6,11H,3-4,7-10,12H2,1H3. The van der Waals surface area contributed by atoms with E-state index in [1.54, 1.807) is 0 Å². The van der Waals surface area contributed by atoms with Crippen molar-refractivity contribution in [2.75, 3.05) is 24.2 Å². The zero-order valence-electron chi connectivity index (χ0n) is 13.0. The van der Waals surface area contributed by atoms with Gasteiger partial charge in [-0.2, -0.15) is 11.8 Å². The van der Waals surface area contributed by atoms with Crippen LogP contribution in [0.5, 0.6) is 0 Å². The molecule has 1 aromatic heterocycles. The number of thioether (sulfide) groups is 1. The van der Waals surface area contributed by atoms with Crippen molar-refractivity contribution in [1.29, 1.82) is 0 Å². The maximum Gasteiger partial charge on any atom is 0.226 e. The van der Waals surface area contributed by atoms with E-state index in [4.69, 9.17) is 9.97 Å². The minimum Gasteiger partial charge on any atom is -0.341 e. The van der Waals surface area contributed by atoms with E-state index in [1.807, 2.05) is 11.8 Å². The van der Waals surface area contributed by atoms with Crippen molar-refractivity contribution in [3.8, 4) is 11.3 Å². The molecule has 2 heterocycles. The smallest absolute Gasteiger partial charge is 0.226 e. The minimum absolute atomic E-state index is 0.942. The summed E-state index contributed by atoms with van der Waals surface area (Å²) in [5.74, 6) is 2.00. The third-order valence-electron chi connectivity index (χ3n) is 4.57. The predicted octanol–water partition coefficient (Wildman–Crippen LogP) is 3.71. The molecule has 0 saturated carbocycles. The summed E-state index contributed by atoms with van der Waals surface area (Å²) in [4.78, 5) is 12.1. The number of hydrogen-bond donors (Lipinski definition) is 0. The third kappa shape index (κ3) is 2.50. The van der Waals surface area contributed by atoms with Crippen LogP contribution in [0.1, 0.15) is 29.7 Å². The molecule has 0 amide bonds. The van der Waals surface area contributed by atoms with Crippen molar-refractivity contribution in [1.82, 2.24) is 9.97 Å². The number of nitrogens with zero attached hydrogens (tertiary/aromatic N) is 3. The second kappa shape index (κ2) is 5.92. The van der Waals surface area contributed by atoms with Gasteiger partial charge in [0.1, 0.15) is 0 Å². The highest BCUT2D eigenvalue weighted by Gasteiger charge is 2.24. The molecule has 0 unspecified atom stereocenters. The Morgan fingerprint density at radius 3 is 2.82 bits per heavy atom. The number of hydrogen-bond acceptors (Lipinski definition) is 4. The molecule has 114 valence electrons. The van der Waals surface area contributed by atoms with E-state index in [0.29, 0.717) is 0 Å². The van der Waals surface area contributed by atoms with Crippen LogP contribution in [0.2, 0.25) is 0 Å². The summed E-state index contributed by atoms with van der Waals surface area (Å²) in [6, 6.07) is 8.87. The summed E-state index contributed by atoms with van der Waals surface area (Å²) in [5, 5.41) is 0. The molecular formula is C18H21N3S. The highest BCUT2D eigenvalue weighted by atomic mass is 32.2. The Labute approximate surface area is 136 Å². The monoisotopic (exact) mass is 311 g/mol. The first-order valence-corrected chi connectivity index (χ1v) is 9.47. The van der Waals surface area contributed by atoms with Gasteiger partial charge in [-0.05, 0) is 43.6 Å². The molecule has 0 bridgehead atoms. The second-order valence-electron chi connectivity index (χ2n) is 6.13. The zero-order valence-corrected chi connectivity index (χ0v) is 13.8. The summed E-state index contributed by atoms with van der Waals surface area (Å²) >= 11 is 1.86. The van der Waals surface area contributed by atoms with Crippen LogP contribution in [0.25, 0.3) is 11.3 Å². The SMILES string of the molecule is CSCc1cccc(-c2nc(N3CCC3)nc3c2CCC3)c1. The number of fused-ring (bicyclic) bond motifs is 1. The van der Waals surface area contributed by atoms with E-state index in [0.717, 1.165) is 37.6 Å². The topological polar surface area (TPSA) is 29.0 Å². The van der Waals surface area contributed by atoms with Crippen molar-refractivity contribution in [2.45, 2.75) is 31.4 Å². The van der Waals surface area contributed by atoms with E-state index in [1.165, 1.54) is 40.9 Å². The van der Waals surface area contributed by atoms with Gasteiger partial charge >= 0.3 is 0 Å². The summed E-state index contributed by atoms with van der Waals surface area (Å²) in [5.41, 5.74) is 6.47. The van der Waals surface area contributed by atoms with Crippen LogP contribution < -0.4 is 4.90 Å². The number of aromatic nitrogens is 2. The average molecular weight is 311 g/mol. The van der Waals surface area contributed by atoms with Gasteiger partial charge in [0.25, 0.3) is 0 Å². The van der Waals surface area contributed by atoms with Crippen molar-refractivity contribution < 1.29 is 0 Å². The summed E-state index contributed by atoms with van der Waals surface area (Å²) < 4.78 is 0. The first-order valence-electron chi connectivity index (χ1n) is 8.08. The molecule has 2 aliphatic rings. The lowest BCUT2D eigenvalue weighted by Crippen LogP contribution is -2.38. The van der Waals surface area contributed by atoms with Gasteiger partial charge in [0.15, 0.2) is 0 Å². The maximum absolute atomic E-state index is 4.95. The minimum atomic E-state index is 0.942. The van der Waals surface area contributed by atoms with Crippen LogP contribution in [0.4, 0.5) is 5.95 Å². The Balaban J connectivity index is 1.79. The fraction of sp³-hybridized carbons (Fsp3) is 0.444. The van der Waals surface area contributed by atoms with Crippen LogP contribution in [-0.2, 0) is 18.6 Å². The Morgan fingerprint density at radius 1 is 1.14 bits per heavy atom. The van der Waals surface area contributed by atoms with Gasteiger partial charge in [0.2, 0.25) is 5.95 Å². The molecule has 1 aromatic carbocycles. The maximum atomic E-state index is 4.95. The van der Waals surface area contributed by atoms with Crippen molar-refractivity contribution in [3.05, 3.63) is 41.1 Å². The highest BCUT2D eigenvalue weighted by molar-refractivity contribution is 7.97. The molecule has 3 nitrogen and oxygen atoms in total. The van der Waals surface area contributed by atoms with E-state index >= 15 is 0 Å². The summed E-state index contributed by atoms with van der Waals surface area (Å²) in [6.07, 6.45) is 6.86. The Bertz CT molecular complexity index is 695. The average Bonchev–Trinajstić information content (AvgIpc) is 2.93. The van der Waals surface area contributed by atoms with Gasteiger partial charge in [-0.25, -0.2) is 9.97 Å². The lowest BCUT2D eigenvalue weighted by atomic mass is 10.0. The number of aryl methyl sites for hydroxylation is 1. The van der Waals surface area contributed by atoms with Crippen LogP contribution in [0.3, 0.4) is 0 Å². The molecule has 1 aliphatic heterocycles. The van der Waals surface area contributed by atoms with E-state index < -0.39 is 0 Å². The molecule has 0 spiro atoms. The van der Waals surface area contributed by atoms with E-state index in [-0.39, 0.29) is 0 Å². The molecule has 22 heavy (non-hydrogen) atoms.